The lowest BCUT2D eigenvalue weighted by molar-refractivity contribution is -0.138. The minimum atomic E-state index is -0.835. The van der Waals surface area contributed by atoms with Crippen LogP contribution in [0, 0.1) is 0 Å². The Kier molecular flexibility index (Phi) is 2.90. The van der Waals surface area contributed by atoms with Crippen molar-refractivity contribution >= 4 is 44.7 Å². The van der Waals surface area contributed by atoms with Crippen molar-refractivity contribution in [1.82, 2.24) is 9.97 Å². The summed E-state index contributed by atoms with van der Waals surface area (Å²) in [7, 11) is 0. The van der Waals surface area contributed by atoms with Crippen LogP contribution in [-0.2, 0) is 11.2 Å². The molecule has 0 aromatic carbocycles. The van der Waals surface area contributed by atoms with Gasteiger partial charge >= 0.3 is 5.97 Å². The molecule has 0 fully saturated rings. The zero-order valence-corrected chi connectivity index (χ0v) is 12.5. The summed E-state index contributed by atoms with van der Waals surface area (Å²) in [6.45, 7) is 0.661. The number of rotatable bonds is 2. The van der Waals surface area contributed by atoms with Crippen LogP contribution in [0.1, 0.15) is 16.5 Å². The van der Waals surface area contributed by atoms with Crippen molar-refractivity contribution in [3.8, 4) is 0 Å². The minimum Gasteiger partial charge on any atom is -0.479 e. The molecule has 0 aliphatic carbocycles. The number of aromatic nitrogens is 2. The molecule has 7 heteroatoms. The van der Waals surface area contributed by atoms with Crippen LogP contribution in [0.4, 0.5) is 5.82 Å². The second-order valence-corrected chi connectivity index (χ2v) is 6.73. The zero-order chi connectivity index (χ0) is 14.4. The van der Waals surface area contributed by atoms with Crippen molar-refractivity contribution < 1.29 is 9.90 Å². The van der Waals surface area contributed by atoms with E-state index in [9.17, 15) is 9.90 Å². The number of anilines is 1. The van der Waals surface area contributed by atoms with Gasteiger partial charge in [-0.1, -0.05) is 0 Å². The molecule has 1 aliphatic rings. The summed E-state index contributed by atoms with van der Waals surface area (Å²) in [5.74, 6) is -0.114. The second-order valence-electron chi connectivity index (χ2n) is 4.82. The summed E-state index contributed by atoms with van der Waals surface area (Å²) < 4.78 is 0.947. The van der Waals surface area contributed by atoms with Crippen LogP contribution in [-0.4, -0.2) is 27.6 Å². The van der Waals surface area contributed by atoms with E-state index < -0.39 is 12.0 Å². The molecule has 1 N–H and O–H groups in total. The number of thiophene rings is 2. The Hall–Kier alpha value is -1.99. The van der Waals surface area contributed by atoms with Gasteiger partial charge in [-0.05, 0) is 34.9 Å². The molecule has 1 aliphatic heterocycles. The SMILES string of the molecule is O=C(O)C1c2ccsc2CCN1c1ncnc2ccsc12. The normalized spacial score (nSPS) is 17.9. The molecule has 4 heterocycles. The molecule has 0 amide bonds. The number of carbonyl (C=O) groups is 1. The molecule has 4 rings (SSSR count). The summed E-state index contributed by atoms with van der Waals surface area (Å²) in [5, 5.41) is 13.6. The van der Waals surface area contributed by atoms with E-state index in [2.05, 4.69) is 9.97 Å². The van der Waals surface area contributed by atoms with Gasteiger partial charge < -0.3 is 10.0 Å². The standard InChI is InChI=1S/C14H11N3O2S2/c18-14(19)11-8-2-5-20-10(8)1-4-17(11)13-12-9(3-6-21-12)15-7-16-13/h2-3,5-7,11H,1,4H2,(H,18,19). The summed E-state index contributed by atoms with van der Waals surface area (Å²) in [4.78, 5) is 23.4. The summed E-state index contributed by atoms with van der Waals surface area (Å²) in [6, 6.07) is 3.18. The smallest absolute Gasteiger partial charge is 0.331 e. The van der Waals surface area contributed by atoms with E-state index >= 15 is 0 Å². The lowest BCUT2D eigenvalue weighted by atomic mass is 10.00. The highest BCUT2D eigenvalue weighted by atomic mass is 32.1. The average Bonchev–Trinajstić information content (AvgIpc) is 3.13. The first-order valence-corrected chi connectivity index (χ1v) is 8.25. The molecule has 0 saturated heterocycles. The van der Waals surface area contributed by atoms with Crippen LogP contribution in [0.5, 0.6) is 0 Å². The summed E-state index contributed by atoms with van der Waals surface area (Å²) in [5.41, 5.74) is 1.76. The molecule has 3 aromatic heterocycles. The van der Waals surface area contributed by atoms with E-state index in [0.29, 0.717) is 6.54 Å². The van der Waals surface area contributed by atoms with Crippen LogP contribution >= 0.6 is 22.7 Å². The Labute approximate surface area is 128 Å². The maximum Gasteiger partial charge on any atom is 0.331 e. The number of fused-ring (bicyclic) bond motifs is 2. The quantitative estimate of drug-likeness (QED) is 0.787. The third-order valence-electron chi connectivity index (χ3n) is 3.70. The second kappa shape index (κ2) is 4.78. The number of hydrogen-bond acceptors (Lipinski definition) is 6. The third-order valence-corrected chi connectivity index (χ3v) is 5.59. The maximum absolute atomic E-state index is 11.8. The van der Waals surface area contributed by atoms with Gasteiger partial charge in [-0.25, -0.2) is 14.8 Å². The lowest BCUT2D eigenvalue weighted by Gasteiger charge is -2.34. The summed E-state index contributed by atoms with van der Waals surface area (Å²) in [6.07, 6.45) is 2.36. The van der Waals surface area contributed by atoms with Gasteiger partial charge in [-0.2, -0.15) is 0 Å². The van der Waals surface area contributed by atoms with Crippen LogP contribution in [0.2, 0.25) is 0 Å². The fourth-order valence-electron chi connectivity index (χ4n) is 2.79. The highest BCUT2D eigenvalue weighted by Crippen LogP contribution is 2.39. The van der Waals surface area contributed by atoms with Gasteiger partial charge in [0, 0.05) is 11.4 Å². The van der Waals surface area contributed by atoms with Gasteiger partial charge in [0.2, 0.25) is 0 Å². The minimum absolute atomic E-state index is 0.661. The molecular formula is C14H11N3O2S2. The van der Waals surface area contributed by atoms with Gasteiger partial charge in [-0.3, -0.25) is 0 Å². The van der Waals surface area contributed by atoms with E-state index in [0.717, 1.165) is 32.9 Å². The van der Waals surface area contributed by atoms with E-state index in [-0.39, 0.29) is 0 Å². The molecule has 0 saturated carbocycles. The van der Waals surface area contributed by atoms with Crippen molar-refractivity contribution in [2.24, 2.45) is 0 Å². The Bertz CT molecular complexity index is 826. The Morgan fingerprint density at radius 2 is 2.14 bits per heavy atom. The molecule has 0 radical (unpaired) electrons. The van der Waals surface area contributed by atoms with E-state index in [1.54, 1.807) is 22.7 Å². The fraction of sp³-hybridized carbons (Fsp3) is 0.214. The van der Waals surface area contributed by atoms with Crippen molar-refractivity contribution in [2.75, 3.05) is 11.4 Å². The van der Waals surface area contributed by atoms with E-state index in [1.807, 2.05) is 27.8 Å². The third kappa shape index (κ3) is 1.92. The molecule has 21 heavy (non-hydrogen) atoms. The monoisotopic (exact) mass is 317 g/mol. The first-order valence-electron chi connectivity index (χ1n) is 6.49. The Morgan fingerprint density at radius 1 is 1.29 bits per heavy atom. The Balaban J connectivity index is 1.88. The first kappa shape index (κ1) is 12.7. The van der Waals surface area contributed by atoms with Gasteiger partial charge in [0.25, 0.3) is 0 Å². The van der Waals surface area contributed by atoms with Crippen LogP contribution < -0.4 is 4.90 Å². The van der Waals surface area contributed by atoms with Gasteiger partial charge in [0.15, 0.2) is 11.9 Å². The highest BCUT2D eigenvalue weighted by molar-refractivity contribution is 7.17. The number of nitrogens with zero attached hydrogens (tertiary/aromatic N) is 3. The largest absolute Gasteiger partial charge is 0.479 e. The average molecular weight is 317 g/mol. The van der Waals surface area contributed by atoms with Crippen molar-refractivity contribution in [1.29, 1.82) is 0 Å². The predicted molar refractivity (Wildman–Crippen MR) is 83.2 cm³/mol. The van der Waals surface area contributed by atoms with Crippen molar-refractivity contribution in [3.05, 3.63) is 39.7 Å². The molecule has 5 nitrogen and oxygen atoms in total. The molecule has 1 unspecified atom stereocenters. The van der Waals surface area contributed by atoms with Crippen LogP contribution in [0.25, 0.3) is 10.2 Å². The number of hydrogen-bond donors (Lipinski definition) is 1. The Morgan fingerprint density at radius 3 is 3.00 bits per heavy atom. The van der Waals surface area contributed by atoms with E-state index in [4.69, 9.17) is 0 Å². The first-order chi connectivity index (χ1) is 10.3. The predicted octanol–water partition coefficient (Wildman–Crippen LogP) is 2.94. The molecule has 3 aromatic rings. The van der Waals surface area contributed by atoms with Gasteiger partial charge in [0.05, 0.1) is 10.2 Å². The van der Waals surface area contributed by atoms with Crippen molar-refractivity contribution in [2.45, 2.75) is 12.5 Å². The molecule has 1 atom stereocenters. The van der Waals surface area contributed by atoms with Gasteiger partial charge in [0.1, 0.15) is 6.33 Å². The molecule has 106 valence electrons. The molecular weight excluding hydrogens is 306 g/mol. The van der Waals surface area contributed by atoms with Crippen LogP contribution in [0.15, 0.2) is 29.2 Å². The number of carboxylic acids is 1. The molecule has 0 spiro atoms. The zero-order valence-electron chi connectivity index (χ0n) is 10.9. The van der Waals surface area contributed by atoms with Crippen molar-refractivity contribution in [3.63, 3.8) is 0 Å². The topological polar surface area (TPSA) is 66.3 Å². The lowest BCUT2D eigenvalue weighted by Crippen LogP contribution is -2.39. The van der Waals surface area contributed by atoms with Gasteiger partial charge in [-0.15, -0.1) is 22.7 Å². The van der Waals surface area contributed by atoms with Crippen LogP contribution in [0.3, 0.4) is 0 Å². The van der Waals surface area contributed by atoms with E-state index in [1.165, 1.54) is 6.33 Å². The number of carboxylic acid groups (broad SMARTS) is 1. The summed E-state index contributed by atoms with van der Waals surface area (Å²) >= 11 is 3.18. The maximum atomic E-state index is 11.8. The molecule has 0 bridgehead atoms. The number of aliphatic carboxylic acids is 1. The highest BCUT2D eigenvalue weighted by Gasteiger charge is 2.35. The fourth-order valence-corrected chi connectivity index (χ4v) is 4.55.